The third-order valence-corrected chi connectivity index (χ3v) is 9.47. The summed E-state index contributed by atoms with van der Waals surface area (Å²) in [6.07, 6.45) is 7.42. The van der Waals surface area contributed by atoms with Gasteiger partial charge in [0.1, 0.15) is 0 Å². The van der Waals surface area contributed by atoms with Crippen LogP contribution in [0.3, 0.4) is 0 Å². The molecule has 1 aromatic carbocycles. The van der Waals surface area contributed by atoms with Crippen LogP contribution in [-0.4, -0.2) is 58.1 Å². The monoisotopic (exact) mass is 463 g/mol. The van der Waals surface area contributed by atoms with E-state index in [-0.39, 0.29) is 35.2 Å². The molecule has 1 aliphatic carbocycles. The highest BCUT2D eigenvalue weighted by atomic mass is 32.2. The van der Waals surface area contributed by atoms with Crippen molar-refractivity contribution in [3.05, 3.63) is 24.3 Å². The summed E-state index contributed by atoms with van der Waals surface area (Å²) in [7, 11) is -3.04. The quantitative estimate of drug-likeness (QED) is 0.567. The van der Waals surface area contributed by atoms with Crippen molar-refractivity contribution in [3.63, 3.8) is 0 Å². The molecule has 0 radical (unpaired) electrons. The highest BCUT2D eigenvalue weighted by molar-refractivity contribution is 7.99. The van der Waals surface area contributed by atoms with Crippen molar-refractivity contribution in [2.45, 2.75) is 82.1 Å². The van der Waals surface area contributed by atoms with Gasteiger partial charge in [-0.15, -0.1) is 0 Å². The van der Waals surface area contributed by atoms with Crippen LogP contribution < -0.4 is 0 Å². The van der Waals surface area contributed by atoms with Crippen LogP contribution in [0.1, 0.15) is 64.8 Å². The van der Waals surface area contributed by atoms with E-state index in [0.29, 0.717) is 12.5 Å². The Hall–Kier alpha value is -1.54. The van der Waals surface area contributed by atoms with Gasteiger partial charge in [0.2, 0.25) is 5.91 Å². The summed E-state index contributed by atoms with van der Waals surface area (Å²) in [5.41, 5.74) is 2.12. The van der Waals surface area contributed by atoms with Gasteiger partial charge in [0, 0.05) is 18.1 Å². The van der Waals surface area contributed by atoms with Crippen LogP contribution in [0.15, 0.2) is 29.4 Å². The minimum Gasteiger partial charge on any atom is -0.335 e. The molecule has 2 aromatic rings. The number of thioether (sulfide) groups is 1. The zero-order valence-electron chi connectivity index (χ0n) is 18.5. The fourth-order valence-electron chi connectivity index (χ4n) is 5.02. The van der Waals surface area contributed by atoms with Gasteiger partial charge in [-0.2, -0.15) is 0 Å². The summed E-state index contributed by atoms with van der Waals surface area (Å²) in [5, 5.41) is 0.907. The highest BCUT2D eigenvalue weighted by Crippen LogP contribution is 2.36. The first kappa shape index (κ1) is 22.6. The minimum atomic E-state index is -3.04. The molecule has 4 rings (SSSR count). The molecule has 8 heteroatoms. The Morgan fingerprint density at radius 3 is 2.65 bits per heavy atom. The fraction of sp³-hybridized carbons (Fsp3) is 0.652. The molecule has 1 saturated heterocycles. The molecule has 6 nitrogen and oxygen atoms in total. The molecule has 0 spiro atoms. The van der Waals surface area contributed by atoms with Crippen molar-refractivity contribution >= 4 is 38.5 Å². The van der Waals surface area contributed by atoms with Gasteiger partial charge in [-0.1, -0.05) is 50.1 Å². The molecule has 0 unspecified atom stereocenters. The zero-order chi connectivity index (χ0) is 22.0. The lowest BCUT2D eigenvalue weighted by molar-refractivity contribution is -0.132. The number of hydrogen-bond acceptors (Lipinski definition) is 5. The topological polar surface area (TPSA) is 72.3 Å². The van der Waals surface area contributed by atoms with Gasteiger partial charge in [-0.25, -0.2) is 13.4 Å². The van der Waals surface area contributed by atoms with E-state index < -0.39 is 9.84 Å². The highest BCUT2D eigenvalue weighted by Gasteiger charge is 2.36. The number of benzene rings is 1. The van der Waals surface area contributed by atoms with Gasteiger partial charge in [0.15, 0.2) is 15.0 Å². The molecule has 31 heavy (non-hydrogen) atoms. The Bertz CT molecular complexity index is 1030. The van der Waals surface area contributed by atoms with Crippen LogP contribution >= 0.6 is 11.8 Å². The number of sulfone groups is 1. The molecule has 2 fully saturated rings. The lowest BCUT2D eigenvalue weighted by Gasteiger charge is -2.33. The van der Waals surface area contributed by atoms with Gasteiger partial charge >= 0.3 is 0 Å². The third kappa shape index (κ3) is 4.95. The van der Waals surface area contributed by atoms with E-state index in [2.05, 4.69) is 10.6 Å². The molecule has 1 saturated carbocycles. The summed E-state index contributed by atoms with van der Waals surface area (Å²) < 4.78 is 26.4. The van der Waals surface area contributed by atoms with E-state index in [1.807, 2.05) is 36.9 Å². The first-order chi connectivity index (χ1) is 14.9. The van der Waals surface area contributed by atoms with Gasteiger partial charge in [-0.3, -0.25) is 4.79 Å². The Labute approximate surface area is 189 Å². The standard InChI is InChI=1S/C23H33N3O3S2/c1-3-17(2)25(19-13-14-31(28,29)16-19)22(27)15-30-23-24-20-11-7-8-12-21(20)26(23)18-9-5-4-6-10-18/h7-8,11-12,17-19H,3-6,9-10,13-16H2,1-2H3/t17-,19+/m0/s1. The molecule has 0 N–H and O–H groups in total. The molecule has 1 aliphatic heterocycles. The number of fused-ring (bicyclic) bond motifs is 1. The molecule has 170 valence electrons. The van der Waals surface area contributed by atoms with Crippen molar-refractivity contribution in [2.75, 3.05) is 17.3 Å². The van der Waals surface area contributed by atoms with Crippen LogP contribution in [0.25, 0.3) is 11.0 Å². The zero-order valence-corrected chi connectivity index (χ0v) is 20.1. The maximum absolute atomic E-state index is 13.3. The first-order valence-electron chi connectivity index (χ1n) is 11.5. The van der Waals surface area contributed by atoms with Crippen molar-refractivity contribution < 1.29 is 13.2 Å². The Morgan fingerprint density at radius 2 is 1.97 bits per heavy atom. The average Bonchev–Trinajstić information content (AvgIpc) is 3.32. The normalized spacial score (nSPS) is 22.6. The summed E-state index contributed by atoms with van der Waals surface area (Å²) in [5.74, 6) is 0.581. The summed E-state index contributed by atoms with van der Waals surface area (Å²) in [6, 6.07) is 8.48. The molecule has 2 aliphatic rings. The smallest absolute Gasteiger partial charge is 0.233 e. The second kappa shape index (κ2) is 9.53. The Kier molecular flexibility index (Phi) is 6.96. The van der Waals surface area contributed by atoms with E-state index in [1.54, 1.807) is 0 Å². The van der Waals surface area contributed by atoms with Gasteiger partial charge in [-0.05, 0) is 44.7 Å². The van der Waals surface area contributed by atoms with E-state index >= 15 is 0 Å². The number of rotatable bonds is 7. The lowest BCUT2D eigenvalue weighted by atomic mass is 9.95. The van der Waals surface area contributed by atoms with Gasteiger partial charge in [0.05, 0.1) is 28.3 Å². The predicted octanol–water partition coefficient (Wildman–Crippen LogP) is 4.45. The second-order valence-electron chi connectivity index (χ2n) is 8.95. The molecule has 2 heterocycles. The van der Waals surface area contributed by atoms with Crippen molar-refractivity contribution in [3.8, 4) is 0 Å². The van der Waals surface area contributed by atoms with E-state index in [9.17, 15) is 13.2 Å². The number of nitrogens with zero attached hydrogens (tertiary/aromatic N) is 3. The number of amides is 1. The number of para-hydroxylation sites is 2. The average molecular weight is 464 g/mol. The van der Waals surface area contributed by atoms with Crippen LogP contribution in [0.4, 0.5) is 0 Å². The Morgan fingerprint density at radius 1 is 1.23 bits per heavy atom. The van der Waals surface area contributed by atoms with Crippen LogP contribution in [0.5, 0.6) is 0 Å². The third-order valence-electron chi connectivity index (χ3n) is 6.78. The molecule has 1 amide bonds. The Balaban J connectivity index is 1.55. The molecule has 0 bridgehead atoms. The van der Waals surface area contributed by atoms with Crippen LogP contribution in [0, 0.1) is 0 Å². The number of imidazole rings is 1. The molecular weight excluding hydrogens is 430 g/mol. The van der Waals surface area contributed by atoms with Crippen molar-refractivity contribution in [1.29, 1.82) is 0 Å². The second-order valence-corrected chi connectivity index (χ2v) is 12.1. The van der Waals surface area contributed by atoms with Crippen molar-refractivity contribution in [1.82, 2.24) is 14.5 Å². The number of hydrogen-bond donors (Lipinski definition) is 0. The van der Waals surface area contributed by atoms with E-state index in [4.69, 9.17) is 4.98 Å². The van der Waals surface area contributed by atoms with Crippen molar-refractivity contribution in [2.24, 2.45) is 0 Å². The molecular formula is C23H33N3O3S2. The number of carbonyl (C=O) groups excluding carboxylic acids is 1. The molecule has 1 aromatic heterocycles. The fourth-order valence-corrected chi connectivity index (χ4v) is 7.68. The first-order valence-corrected chi connectivity index (χ1v) is 14.3. The van der Waals surface area contributed by atoms with Gasteiger partial charge < -0.3 is 9.47 Å². The maximum Gasteiger partial charge on any atom is 0.233 e. The van der Waals surface area contributed by atoms with Crippen LogP contribution in [-0.2, 0) is 14.6 Å². The summed E-state index contributed by atoms with van der Waals surface area (Å²) in [6.45, 7) is 4.06. The minimum absolute atomic E-state index is 0.0173. The van der Waals surface area contributed by atoms with Crippen LogP contribution in [0.2, 0.25) is 0 Å². The number of aromatic nitrogens is 2. The largest absolute Gasteiger partial charge is 0.335 e. The molecule has 2 atom stereocenters. The van der Waals surface area contributed by atoms with E-state index in [1.165, 1.54) is 31.0 Å². The number of carbonyl (C=O) groups is 1. The lowest BCUT2D eigenvalue weighted by Crippen LogP contribution is -2.47. The van der Waals surface area contributed by atoms with E-state index in [0.717, 1.165) is 35.5 Å². The predicted molar refractivity (Wildman–Crippen MR) is 126 cm³/mol. The summed E-state index contributed by atoms with van der Waals surface area (Å²) >= 11 is 1.50. The summed E-state index contributed by atoms with van der Waals surface area (Å²) in [4.78, 5) is 20.0. The SMILES string of the molecule is CC[C@H](C)N(C(=O)CSc1nc2ccccc2n1C1CCCCC1)[C@@H]1CCS(=O)(=O)C1. The van der Waals surface area contributed by atoms with Gasteiger partial charge in [0.25, 0.3) is 0 Å². The maximum atomic E-state index is 13.3.